The van der Waals surface area contributed by atoms with E-state index in [-0.39, 0.29) is 45.5 Å². The molecule has 2 aromatic carbocycles. The van der Waals surface area contributed by atoms with Gasteiger partial charge in [0.05, 0.1) is 7.11 Å². The minimum absolute atomic E-state index is 0.0115. The zero-order chi connectivity index (χ0) is 36.2. The van der Waals surface area contributed by atoms with Gasteiger partial charge in [-0.15, -0.1) is 11.3 Å². The summed E-state index contributed by atoms with van der Waals surface area (Å²) in [5.74, 6) is -2.17. The zero-order valence-electron chi connectivity index (χ0n) is 27.4. The molecule has 0 saturated carbocycles. The number of ether oxygens (including phenoxy) is 3. The number of pyridine rings is 1. The lowest BCUT2D eigenvalue weighted by molar-refractivity contribution is -0.904. The highest BCUT2D eigenvalue weighted by atomic mass is 35.5. The van der Waals surface area contributed by atoms with E-state index in [9.17, 15) is 28.7 Å². The van der Waals surface area contributed by atoms with E-state index in [4.69, 9.17) is 32.7 Å². The maximum Gasteiger partial charge on any atom is 0.387 e. The molecule has 4 aromatic rings. The van der Waals surface area contributed by atoms with Crippen molar-refractivity contribution in [3.63, 3.8) is 0 Å². The summed E-state index contributed by atoms with van der Waals surface area (Å²) in [7, 11) is 1.30. The molecule has 3 aliphatic rings. The number of hydrogen-bond donors (Lipinski definition) is 3. The van der Waals surface area contributed by atoms with Gasteiger partial charge in [0.1, 0.15) is 27.1 Å². The Balaban J connectivity index is 1.33. The third-order valence-electron chi connectivity index (χ3n) is 9.38. The minimum Gasteiger partial charge on any atom is -0.493 e. The number of carbonyl (C=O) groups excluding carboxylic acids is 1. The number of benzene rings is 2. The van der Waals surface area contributed by atoms with E-state index in [1.54, 1.807) is 12.1 Å². The van der Waals surface area contributed by atoms with Crippen LogP contribution < -0.4 is 19.5 Å². The Morgan fingerprint density at radius 2 is 1.75 bits per heavy atom. The van der Waals surface area contributed by atoms with Gasteiger partial charge in [0.15, 0.2) is 11.5 Å². The van der Waals surface area contributed by atoms with Gasteiger partial charge in [-0.05, 0) is 73.2 Å². The summed E-state index contributed by atoms with van der Waals surface area (Å²) in [4.78, 5) is 29.4. The number of esters is 1. The number of alkyl halides is 2. The van der Waals surface area contributed by atoms with Crippen molar-refractivity contribution in [3.05, 3.63) is 109 Å². The van der Waals surface area contributed by atoms with Crippen LogP contribution in [0.2, 0.25) is 10.0 Å². The van der Waals surface area contributed by atoms with E-state index >= 15 is 0 Å². The molecule has 3 fully saturated rings. The largest absolute Gasteiger partial charge is 0.493 e. The molecule has 5 heterocycles. The van der Waals surface area contributed by atoms with Gasteiger partial charge in [0.25, 0.3) is 0 Å². The maximum absolute atomic E-state index is 13.7. The fourth-order valence-corrected chi connectivity index (χ4v) is 8.47. The van der Waals surface area contributed by atoms with Crippen molar-refractivity contribution >= 4 is 46.5 Å². The number of thiophene rings is 1. The Hall–Kier alpha value is -4.01. The van der Waals surface area contributed by atoms with Crippen molar-refractivity contribution in [2.24, 2.45) is 5.92 Å². The Kier molecular flexibility index (Phi) is 11.6. The average Bonchev–Trinajstić information content (AvgIpc) is 3.53. The molecule has 10 nitrogen and oxygen atoms in total. The first kappa shape index (κ1) is 36.8. The first-order valence-corrected chi connectivity index (χ1v) is 17.9. The second-order valence-corrected chi connectivity index (χ2v) is 14.4. The van der Waals surface area contributed by atoms with Crippen LogP contribution in [0, 0.1) is 5.92 Å². The second kappa shape index (κ2) is 16.1. The van der Waals surface area contributed by atoms with E-state index in [1.807, 2.05) is 30.3 Å². The van der Waals surface area contributed by atoms with Gasteiger partial charge in [-0.3, -0.25) is 15.4 Å². The number of carbonyl (C=O) groups is 2. The predicted molar refractivity (Wildman–Crippen MR) is 185 cm³/mol. The number of methoxy groups -OCH3 is 1. The van der Waals surface area contributed by atoms with Crippen molar-refractivity contribution in [2.45, 2.75) is 50.5 Å². The normalized spacial score (nSPS) is 19.5. The number of nitrogens with zero attached hydrogens (tertiary/aromatic N) is 2. The van der Waals surface area contributed by atoms with Crippen LogP contribution >= 0.6 is 34.5 Å². The van der Waals surface area contributed by atoms with E-state index in [2.05, 4.69) is 15.0 Å². The van der Waals surface area contributed by atoms with Gasteiger partial charge >= 0.3 is 18.6 Å². The Morgan fingerprint density at radius 1 is 1.04 bits per heavy atom. The topological polar surface area (TPSA) is 121 Å². The Morgan fingerprint density at radius 3 is 2.35 bits per heavy atom. The number of fused-ring (bicyclic) bond motifs is 3. The summed E-state index contributed by atoms with van der Waals surface area (Å²) in [6, 6.07) is 14.5. The van der Waals surface area contributed by atoms with E-state index in [0.29, 0.717) is 44.3 Å². The Bertz CT molecular complexity index is 1850. The molecule has 0 spiro atoms. The second-order valence-electron chi connectivity index (χ2n) is 12.5. The number of nitrogens with one attached hydrogen (secondary N) is 1. The molecule has 2 bridgehead atoms. The summed E-state index contributed by atoms with van der Waals surface area (Å²) < 4.78 is 43.0. The van der Waals surface area contributed by atoms with E-state index < -0.39 is 30.5 Å². The summed E-state index contributed by atoms with van der Waals surface area (Å²) in [6.45, 7) is -0.225. The molecular formula is C36H36Cl2F2N3O7S+. The smallest absolute Gasteiger partial charge is 0.387 e. The van der Waals surface area contributed by atoms with Crippen LogP contribution in [0.25, 0.3) is 0 Å². The molecule has 7 rings (SSSR count). The first-order chi connectivity index (χ1) is 24.5. The molecule has 51 heavy (non-hydrogen) atoms. The fraction of sp³-hybridized carbons (Fsp3) is 0.361. The first-order valence-electron chi connectivity index (χ1n) is 16.3. The SMILES string of the molecule is COc1cc([C@H](Cc2c(Cl)c[n+](O)cc2Cl)c2cc(CNC(C(=O)O[C@H]3CN4CCC3CC4)c3ccccc3)sc2C(=O)O)ccc1OC(F)F. The Labute approximate surface area is 307 Å². The molecule has 3 N–H and O–H groups in total. The number of rotatable bonds is 14. The zero-order valence-corrected chi connectivity index (χ0v) is 29.8. The van der Waals surface area contributed by atoms with Crippen LogP contribution in [-0.2, 0) is 22.5 Å². The van der Waals surface area contributed by atoms with Gasteiger partial charge in [0.2, 0.25) is 12.4 Å². The number of carboxylic acid groups (broad SMARTS) is 1. The number of aromatic nitrogens is 1. The summed E-state index contributed by atoms with van der Waals surface area (Å²) in [5, 5.41) is 23.9. The number of piperidine rings is 3. The summed E-state index contributed by atoms with van der Waals surface area (Å²) in [6.07, 6.45) is 4.36. The highest BCUT2D eigenvalue weighted by molar-refractivity contribution is 7.14. The van der Waals surface area contributed by atoms with Crippen molar-refractivity contribution in [3.8, 4) is 11.5 Å². The molecule has 270 valence electrons. The lowest BCUT2D eigenvalue weighted by Crippen LogP contribution is -2.52. The monoisotopic (exact) mass is 762 g/mol. The van der Waals surface area contributed by atoms with Crippen LogP contribution in [0.5, 0.6) is 11.5 Å². The van der Waals surface area contributed by atoms with Gasteiger partial charge in [-0.1, -0.05) is 59.6 Å². The summed E-state index contributed by atoms with van der Waals surface area (Å²) >= 11 is 14.0. The maximum atomic E-state index is 13.7. The van der Waals surface area contributed by atoms with Crippen molar-refractivity contribution in [2.75, 3.05) is 26.7 Å². The fourth-order valence-electron chi connectivity index (χ4n) is 6.86. The van der Waals surface area contributed by atoms with Gasteiger partial charge in [0, 0.05) is 34.2 Å². The molecule has 3 aliphatic heterocycles. The van der Waals surface area contributed by atoms with Gasteiger partial charge in [-0.25, -0.2) is 9.59 Å². The van der Waals surface area contributed by atoms with Gasteiger partial charge < -0.3 is 19.3 Å². The predicted octanol–water partition coefficient (Wildman–Crippen LogP) is 6.73. The molecule has 2 aromatic heterocycles. The average molecular weight is 764 g/mol. The number of hydrogen-bond acceptors (Lipinski definition) is 9. The van der Waals surface area contributed by atoms with E-state index in [0.717, 1.165) is 37.3 Å². The van der Waals surface area contributed by atoms with Crippen LogP contribution in [-0.4, -0.2) is 66.6 Å². The molecule has 15 heteroatoms. The standard InChI is InChI=1S/C36H35Cl2F2N3O7S/c1-48-30-13-22(7-8-29(30)50-36(39)40)24(15-26-27(37)17-43(47)18-28(26)38)25-14-23(51-33(25)34(44)45)16-41-32(21-5-3-2-4-6-21)35(46)49-31-19-42-11-9-20(31)10-12-42/h2-8,13-14,17-18,20,24,31-32,36,41H,9-12,15-16,19H2,1H3,(H-,44,45,47)/p+1/t24-,31-,32?/m0/s1. The number of aromatic carboxylic acids is 1. The summed E-state index contributed by atoms with van der Waals surface area (Å²) in [5.41, 5.74) is 2.03. The molecule has 0 aliphatic carbocycles. The molecule has 1 unspecified atom stereocenters. The van der Waals surface area contributed by atoms with Crippen molar-refractivity contribution in [1.29, 1.82) is 0 Å². The molecule has 3 atom stereocenters. The van der Waals surface area contributed by atoms with Crippen LogP contribution in [0.15, 0.2) is 67.0 Å². The lowest BCUT2D eigenvalue weighted by atomic mass is 9.85. The molecule has 0 radical (unpaired) electrons. The van der Waals surface area contributed by atoms with Crippen molar-refractivity contribution < 1.29 is 47.6 Å². The number of carboxylic acids is 1. The van der Waals surface area contributed by atoms with Crippen LogP contribution in [0.3, 0.4) is 0 Å². The molecular weight excluding hydrogens is 727 g/mol. The van der Waals surface area contributed by atoms with E-state index in [1.165, 1.54) is 31.6 Å². The molecule has 3 saturated heterocycles. The third-order valence-corrected chi connectivity index (χ3v) is 11.2. The minimum atomic E-state index is -3.09. The highest BCUT2D eigenvalue weighted by Crippen LogP contribution is 2.41. The van der Waals surface area contributed by atoms with Gasteiger partial charge in [-0.2, -0.15) is 8.78 Å². The third kappa shape index (κ3) is 8.56. The number of halogens is 4. The lowest BCUT2D eigenvalue weighted by Gasteiger charge is -2.44. The van der Waals surface area contributed by atoms with Crippen LogP contribution in [0.1, 0.15) is 61.6 Å². The van der Waals surface area contributed by atoms with Crippen LogP contribution in [0.4, 0.5) is 8.78 Å². The molecule has 0 amide bonds. The quantitative estimate of drug-likeness (QED) is 0.0730. The highest BCUT2D eigenvalue weighted by Gasteiger charge is 2.38. The van der Waals surface area contributed by atoms with Crippen molar-refractivity contribution in [1.82, 2.24) is 10.2 Å².